The molecule has 0 saturated carbocycles. The van der Waals surface area contributed by atoms with Crippen molar-refractivity contribution >= 4 is 50.5 Å². The molecule has 0 aliphatic heterocycles. The summed E-state index contributed by atoms with van der Waals surface area (Å²) < 4.78 is 6.36. The molecule has 0 fully saturated rings. The fourth-order valence-electron chi connectivity index (χ4n) is 2.89. The molecular formula is C22H17N3O2S2. The molecule has 1 amide bonds. The normalized spacial score (nSPS) is 10.5. The SMILES string of the molecule is COc1ccccc1C(=O)NC(=S)Nc1cccc(-c2nc3ccccc3s2)c1. The average molecular weight is 420 g/mol. The number of para-hydroxylation sites is 2. The van der Waals surface area contributed by atoms with Gasteiger partial charge in [-0.1, -0.05) is 36.4 Å². The van der Waals surface area contributed by atoms with E-state index >= 15 is 0 Å². The molecule has 0 bridgehead atoms. The molecule has 0 unspecified atom stereocenters. The number of nitrogens with one attached hydrogen (secondary N) is 2. The Morgan fingerprint density at radius 3 is 2.66 bits per heavy atom. The molecule has 29 heavy (non-hydrogen) atoms. The van der Waals surface area contributed by atoms with Gasteiger partial charge in [-0.15, -0.1) is 11.3 Å². The maximum atomic E-state index is 12.5. The van der Waals surface area contributed by atoms with Crippen LogP contribution in [0.2, 0.25) is 0 Å². The molecule has 144 valence electrons. The molecule has 0 aliphatic carbocycles. The Morgan fingerprint density at radius 2 is 1.83 bits per heavy atom. The van der Waals surface area contributed by atoms with Gasteiger partial charge in [0.1, 0.15) is 10.8 Å². The van der Waals surface area contributed by atoms with E-state index in [1.165, 1.54) is 7.11 Å². The van der Waals surface area contributed by atoms with E-state index in [-0.39, 0.29) is 11.0 Å². The van der Waals surface area contributed by atoms with Crippen molar-refractivity contribution in [3.05, 3.63) is 78.4 Å². The van der Waals surface area contributed by atoms with Crippen LogP contribution >= 0.6 is 23.6 Å². The van der Waals surface area contributed by atoms with Crippen LogP contribution in [0, 0.1) is 0 Å². The Hall–Kier alpha value is -3.29. The number of rotatable bonds is 4. The topological polar surface area (TPSA) is 63.2 Å². The summed E-state index contributed by atoms with van der Waals surface area (Å²) in [6, 6.07) is 22.8. The number of anilines is 1. The van der Waals surface area contributed by atoms with Gasteiger partial charge in [0.15, 0.2) is 5.11 Å². The number of fused-ring (bicyclic) bond motifs is 1. The zero-order valence-electron chi connectivity index (χ0n) is 15.5. The van der Waals surface area contributed by atoms with Gasteiger partial charge in [-0.25, -0.2) is 4.98 Å². The van der Waals surface area contributed by atoms with Crippen LogP contribution in [0.1, 0.15) is 10.4 Å². The van der Waals surface area contributed by atoms with Gasteiger partial charge in [-0.2, -0.15) is 0 Å². The summed E-state index contributed by atoms with van der Waals surface area (Å²) in [5, 5.41) is 6.89. The van der Waals surface area contributed by atoms with Crippen LogP contribution in [0.15, 0.2) is 72.8 Å². The highest BCUT2D eigenvalue weighted by Crippen LogP contribution is 2.31. The number of amides is 1. The van der Waals surface area contributed by atoms with Crippen molar-refractivity contribution in [1.82, 2.24) is 10.3 Å². The van der Waals surface area contributed by atoms with Gasteiger partial charge >= 0.3 is 0 Å². The fourth-order valence-corrected chi connectivity index (χ4v) is 4.06. The molecule has 7 heteroatoms. The second-order valence-electron chi connectivity index (χ2n) is 6.18. The highest BCUT2D eigenvalue weighted by atomic mass is 32.1. The molecule has 4 rings (SSSR count). The lowest BCUT2D eigenvalue weighted by Crippen LogP contribution is -2.34. The number of aromatic nitrogens is 1. The van der Waals surface area contributed by atoms with Crippen molar-refractivity contribution in [2.24, 2.45) is 0 Å². The van der Waals surface area contributed by atoms with Crippen LogP contribution in [0.25, 0.3) is 20.8 Å². The molecular weight excluding hydrogens is 402 g/mol. The van der Waals surface area contributed by atoms with Gasteiger partial charge in [0.25, 0.3) is 5.91 Å². The van der Waals surface area contributed by atoms with E-state index in [1.807, 2.05) is 42.5 Å². The van der Waals surface area contributed by atoms with Gasteiger partial charge in [0.2, 0.25) is 0 Å². The predicted octanol–water partition coefficient (Wildman–Crippen LogP) is 5.10. The third-order valence-corrected chi connectivity index (χ3v) is 5.53. The fraction of sp³-hybridized carbons (Fsp3) is 0.0455. The Morgan fingerprint density at radius 1 is 1.03 bits per heavy atom. The van der Waals surface area contributed by atoms with Crippen LogP contribution < -0.4 is 15.4 Å². The molecule has 1 aromatic heterocycles. The van der Waals surface area contributed by atoms with Crippen LogP contribution in [0.5, 0.6) is 5.75 Å². The second-order valence-corrected chi connectivity index (χ2v) is 7.61. The van der Waals surface area contributed by atoms with E-state index in [0.717, 1.165) is 26.5 Å². The van der Waals surface area contributed by atoms with Gasteiger partial charge in [-0.3, -0.25) is 10.1 Å². The zero-order valence-corrected chi connectivity index (χ0v) is 17.1. The quantitative estimate of drug-likeness (QED) is 0.451. The number of nitrogens with zero attached hydrogens (tertiary/aromatic N) is 1. The van der Waals surface area contributed by atoms with Crippen LogP contribution in [-0.2, 0) is 0 Å². The minimum atomic E-state index is -0.331. The number of carbonyl (C=O) groups excluding carboxylic acids is 1. The molecule has 4 aromatic rings. The highest BCUT2D eigenvalue weighted by Gasteiger charge is 2.13. The number of hydrogen-bond donors (Lipinski definition) is 2. The first-order valence-electron chi connectivity index (χ1n) is 8.85. The standard InChI is InChI=1S/C22H17N3O2S2/c1-27-18-11-4-2-9-16(18)20(26)25-22(28)23-15-8-6-7-14(13-15)21-24-17-10-3-5-12-19(17)29-21/h2-13H,1H3,(H2,23,25,26,28). The summed E-state index contributed by atoms with van der Waals surface area (Å²) in [4.78, 5) is 17.2. The highest BCUT2D eigenvalue weighted by molar-refractivity contribution is 7.80. The van der Waals surface area contributed by atoms with Crippen molar-refractivity contribution in [3.8, 4) is 16.3 Å². The van der Waals surface area contributed by atoms with Crippen molar-refractivity contribution < 1.29 is 9.53 Å². The molecule has 2 N–H and O–H groups in total. The Bertz CT molecular complexity index is 1170. The van der Waals surface area contributed by atoms with Crippen molar-refractivity contribution in [2.75, 3.05) is 12.4 Å². The monoisotopic (exact) mass is 419 g/mol. The smallest absolute Gasteiger partial charge is 0.261 e. The van der Waals surface area contributed by atoms with E-state index in [9.17, 15) is 4.79 Å². The molecule has 1 heterocycles. The van der Waals surface area contributed by atoms with Gasteiger partial charge in [0, 0.05) is 11.3 Å². The van der Waals surface area contributed by atoms with Crippen LogP contribution in [0.3, 0.4) is 0 Å². The Kier molecular flexibility index (Phi) is 5.50. The van der Waals surface area contributed by atoms with Crippen molar-refractivity contribution in [2.45, 2.75) is 0 Å². The number of benzene rings is 3. The molecule has 0 radical (unpaired) electrons. The first-order chi connectivity index (χ1) is 14.1. The summed E-state index contributed by atoms with van der Waals surface area (Å²) in [7, 11) is 1.52. The van der Waals surface area contributed by atoms with Gasteiger partial charge in [-0.05, 0) is 48.6 Å². The molecule has 5 nitrogen and oxygen atoms in total. The maximum absolute atomic E-state index is 12.5. The van der Waals surface area contributed by atoms with Crippen LogP contribution in [-0.4, -0.2) is 23.1 Å². The number of hydrogen-bond acceptors (Lipinski definition) is 5. The van der Waals surface area contributed by atoms with Crippen molar-refractivity contribution in [1.29, 1.82) is 0 Å². The molecule has 3 aromatic carbocycles. The van der Waals surface area contributed by atoms with E-state index in [1.54, 1.807) is 35.6 Å². The number of ether oxygens (including phenoxy) is 1. The molecule has 0 aliphatic rings. The summed E-state index contributed by atoms with van der Waals surface area (Å²) in [5.41, 5.74) is 3.15. The zero-order chi connectivity index (χ0) is 20.2. The van der Waals surface area contributed by atoms with E-state index in [4.69, 9.17) is 17.0 Å². The Balaban J connectivity index is 1.49. The first kappa shape index (κ1) is 19.0. The predicted molar refractivity (Wildman–Crippen MR) is 122 cm³/mol. The Labute approximate surface area is 177 Å². The summed E-state index contributed by atoms with van der Waals surface area (Å²) in [5.74, 6) is 0.160. The molecule has 0 saturated heterocycles. The largest absolute Gasteiger partial charge is 0.496 e. The summed E-state index contributed by atoms with van der Waals surface area (Å²) in [6.07, 6.45) is 0. The molecule has 0 atom stereocenters. The third kappa shape index (κ3) is 4.26. The summed E-state index contributed by atoms with van der Waals surface area (Å²) in [6.45, 7) is 0. The minimum Gasteiger partial charge on any atom is -0.496 e. The second kappa shape index (κ2) is 8.38. The lowest BCUT2D eigenvalue weighted by Gasteiger charge is -2.12. The van der Waals surface area contributed by atoms with Gasteiger partial charge < -0.3 is 10.1 Å². The van der Waals surface area contributed by atoms with E-state index in [2.05, 4.69) is 21.7 Å². The maximum Gasteiger partial charge on any atom is 0.261 e. The number of thiazole rings is 1. The first-order valence-corrected chi connectivity index (χ1v) is 10.1. The van der Waals surface area contributed by atoms with E-state index < -0.39 is 0 Å². The van der Waals surface area contributed by atoms with Crippen LogP contribution in [0.4, 0.5) is 5.69 Å². The summed E-state index contributed by atoms with van der Waals surface area (Å²) >= 11 is 6.94. The van der Waals surface area contributed by atoms with E-state index in [0.29, 0.717) is 11.3 Å². The minimum absolute atomic E-state index is 0.211. The molecule has 0 spiro atoms. The number of thiocarbonyl (C=S) groups is 1. The number of carbonyl (C=O) groups is 1. The average Bonchev–Trinajstić information content (AvgIpc) is 3.18. The lowest BCUT2D eigenvalue weighted by molar-refractivity contribution is 0.0975. The van der Waals surface area contributed by atoms with Gasteiger partial charge in [0.05, 0.1) is 22.9 Å². The lowest BCUT2D eigenvalue weighted by atomic mass is 10.2. The third-order valence-electron chi connectivity index (χ3n) is 4.24. The number of methoxy groups -OCH3 is 1. The van der Waals surface area contributed by atoms with Crippen molar-refractivity contribution in [3.63, 3.8) is 0 Å².